The van der Waals surface area contributed by atoms with Crippen LogP contribution in [0.3, 0.4) is 0 Å². The fourth-order valence-corrected chi connectivity index (χ4v) is 4.05. The van der Waals surface area contributed by atoms with Crippen LogP contribution in [0.4, 0.5) is 0 Å². The summed E-state index contributed by atoms with van der Waals surface area (Å²) in [5.41, 5.74) is -0.0481. The minimum atomic E-state index is -0.661. The molecular weight excluding hydrogens is 486 g/mol. The van der Waals surface area contributed by atoms with Crippen LogP contribution >= 0.6 is 0 Å². The van der Waals surface area contributed by atoms with E-state index in [1.807, 2.05) is 5.92 Å². The van der Waals surface area contributed by atoms with Crippen LogP contribution in [-0.2, 0) is 25.5 Å². The van der Waals surface area contributed by atoms with Crippen molar-refractivity contribution in [3.8, 4) is 12.3 Å². The van der Waals surface area contributed by atoms with E-state index in [1.165, 1.54) is 4.68 Å². The number of hydrogen-bond donors (Lipinski definition) is 0. The summed E-state index contributed by atoms with van der Waals surface area (Å²) in [7, 11) is 0. The zero-order valence-electron chi connectivity index (χ0n) is 23.8. The molecule has 0 N–H and O–H groups in total. The summed E-state index contributed by atoms with van der Waals surface area (Å²) in [5.74, 6) is 0.545. The molecule has 9 heteroatoms. The number of carbonyl (C=O) groups excluding carboxylic acids is 3. The first-order chi connectivity index (χ1) is 18.4. The molecule has 0 aromatic carbocycles. The largest absolute Gasteiger partial charge is 0.461 e. The van der Waals surface area contributed by atoms with Gasteiger partial charge in [-0.3, -0.25) is 0 Å². The molecular formula is C29H47N3O6. The van der Waals surface area contributed by atoms with E-state index in [-0.39, 0.29) is 36.4 Å². The summed E-state index contributed by atoms with van der Waals surface area (Å²) < 4.78 is 17.5. The molecule has 214 valence electrons. The van der Waals surface area contributed by atoms with Crippen molar-refractivity contribution in [2.75, 3.05) is 19.8 Å². The molecule has 0 amide bonds. The zero-order chi connectivity index (χ0) is 28.2. The molecule has 9 nitrogen and oxygen atoms in total. The third kappa shape index (κ3) is 12.6. The Bertz CT molecular complexity index is 876. The average molecular weight is 534 g/mol. The first-order valence-electron chi connectivity index (χ1n) is 14.3. The maximum absolute atomic E-state index is 13.2. The molecule has 1 rings (SSSR count). The van der Waals surface area contributed by atoms with Crippen molar-refractivity contribution in [2.24, 2.45) is 11.8 Å². The number of aryl methyl sites for hydroxylation is 1. The molecule has 0 aliphatic rings. The normalized spacial score (nSPS) is 12.4. The zero-order valence-corrected chi connectivity index (χ0v) is 23.8. The molecule has 0 bridgehead atoms. The van der Waals surface area contributed by atoms with E-state index in [1.54, 1.807) is 0 Å². The quantitative estimate of drug-likeness (QED) is 0.0645. The second kappa shape index (κ2) is 20.1. The van der Waals surface area contributed by atoms with Crippen LogP contribution in [0.2, 0.25) is 0 Å². The van der Waals surface area contributed by atoms with Crippen molar-refractivity contribution in [3.05, 3.63) is 11.4 Å². The summed E-state index contributed by atoms with van der Waals surface area (Å²) in [6, 6.07) is 0. The topological polar surface area (TPSA) is 110 Å². The number of carbonyl (C=O) groups is 3. The number of hydrogen-bond acceptors (Lipinski definition) is 8. The number of aromatic nitrogens is 3. The van der Waals surface area contributed by atoms with Crippen molar-refractivity contribution in [2.45, 2.75) is 111 Å². The Balaban J connectivity index is 2.85. The van der Waals surface area contributed by atoms with Gasteiger partial charge in [0.2, 0.25) is 5.69 Å². The lowest BCUT2D eigenvalue weighted by molar-refractivity contribution is -0.136. The summed E-state index contributed by atoms with van der Waals surface area (Å²) in [6.07, 6.45) is 16.1. The van der Waals surface area contributed by atoms with E-state index in [9.17, 15) is 14.4 Å². The van der Waals surface area contributed by atoms with Crippen LogP contribution in [0.15, 0.2) is 0 Å². The lowest BCUT2D eigenvalue weighted by atomic mass is 10.0. The standard InChI is InChI=1S/C29H47N3O6/c1-6-11-17-23(8-3)21-37-28(34)26-27(29(35)38-22-24(9-4)18-12-7-2)32(31-30-26)19-15-13-14-16-20-36-25(33)10-5/h5,23-24H,6-9,11-22H2,1-4H3. The van der Waals surface area contributed by atoms with E-state index in [2.05, 4.69) is 38.0 Å². The highest BCUT2D eigenvalue weighted by Crippen LogP contribution is 2.18. The molecule has 1 heterocycles. The van der Waals surface area contributed by atoms with Crippen molar-refractivity contribution in [1.29, 1.82) is 0 Å². The molecule has 0 spiro atoms. The van der Waals surface area contributed by atoms with Gasteiger partial charge in [-0.15, -0.1) is 11.5 Å². The van der Waals surface area contributed by atoms with Crippen LogP contribution < -0.4 is 0 Å². The van der Waals surface area contributed by atoms with Gasteiger partial charge in [0.05, 0.1) is 19.8 Å². The van der Waals surface area contributed by atoms with Crippen LogP contribution in [0.5, 0.6) is 0 Å². The van der Waals surface area contributed by atoms with Crippen molar-refractivity contribution >= 4 is 17.9 Å². The van der Waals surface area contributed by atoms with Gasteiger partial charge in [0.15, 0.2) is 5.69 Å². The summed E-state index contributed by atoms with van der Waals surface area (Å²) >= 11 is 0. The Hall–Kier alpha value is -2.89. The molecule has 38 heavy (non-hydrogen) atoms. The summed E-state index contributed by atoms with van der Waals surface area (Å²) in [6.45, 7) is 9.68. The number of ether oxygens (including phenoxy) is 3. The Morgan fingerprint density at radius 3 is 1.95 bits per heavy atom. The van der Waals surface area contributed by atoms with Gasteiger partial charge in [-0.2, -0.15) is 0 Å². The van der Waals surface area contributed by atoms with Crippen molar-refractivity contribution in [3.63, 3.8) is 0 Å². The Morgan fingerprint density at radius 2 is 1.39 bits per heavy atom. The third-order valence-corrected chi connectivity index (χ3v) is 6.72. The number of rotatable bonds is 21. The fraction of sp³-hybridized carbons (Fsp3) is 0.759. The molecule has 2 atom stereocenters. The smallest absolute Gasteiger partial charge is 0.384 e. The van der Waals surface area contributed by atoms with Gasteiger partial charge < -0.3 is 14.2 Å². The molecule has 1 aromatic rings. The monoisotopic (exact) mass is 533 g/mol. The molecule has 1 aromatic heterocycles. The molecule has 0 saturated carbocycles. The lowest BCUT2D eigenvalue weighted by Gasteiger charge is -2.16. The molecule has 2 unspecified atom stereocenters. The molecule has 0 saturated heterocycles. The minimum absolute atomic E-state index is 0.0462. The highest BCUT2D eigenvalue weighted by Gasteiger charge is 2.28. The van der Waals surface area contributed by atoms with Gasteiger partial charge in [-0.05, 0) is 43.9 Å². The van der Waals surface area contributed by atoms with Crippen LogP contribution in [0.1, 0.15) is 126 Å². The highest BCUT2D eigenvalue weighted by atomic mass is 16.5. The van der Waals surface area contributed by atoms with Gasteiger partial charge in [0.25, 0.3) is 0 Å². The third-order valence-electron chi connectivity index (χ3n) is 6.72. The maximum Gasteiger partial charge on any atom is 0.384 e. The van der Waals surface area contributed by atoms with Crippen molar-refractivity contribution < 1.29 is 28.6 Å². The van der Waals surface area contributed by atoms with Gasteiger partial charge >= 0.3 is 17.9 Å². The number of esters is 3. The van der Waals surface area contributed by atoms with E-state index >= 15 is 0 Å². The van der Waals surface area contributed by atoms with E-state index in [0.29, 0.717) is 26.0 Å². The first-order valence-corrected chi connectivity index (χ1v) is 14.3. The van der Waals surface area contributed by atoms with E-state index in [0.717, 1.165) is 64.2 Å². The second-order valence-electron chi connectivity index (χ2n) is 9.73. The summed E-state index contributed by atoms with van der Waals surface area (Å²) in [5, 5.41) is 8.11. The molecule has 0 radical (unpaired) electrons. The SMILES string of the molecule is C#CC(=O)OCCCCCCn1nnc(C(=O)OCC(CC)CCCC)c1C(=O)OCC(CC)CCCC. The van der Waals surface area contributed by atoms with Crippen molar-refractivity contribution in [1.82, 2.24) is 15.0 Å². The summed E-state index contributed by atoms with van der Waals surface area (Å²) in [4.78, 5) is 37.1. The Labute approximate surface area is 228 Å². The van der Waals surface area contributed by atoms with Gasteiger partial charge in [-0.1, -0.05) is 77.9 Å². The number of unbranched alkanes of at least 4 members (excludes halogenated alkanes) is 5. The van der Waals surface area contributed by atoms with E-state index in [4.69, 9.17) is 20.6 Å². The predicted octanol–water partition coefficient (Wildman–Crippen LogP) is 5.76. The van der Waals surface area contributed by atoms with Crippen LogP contribution in [0.25, 0.3) is 0 Å². The first kappa shape index (κ1) is 33.1. The molecule has 0 fully saturated rings. The highest BCUT2D eigenvalue weighted by molar-refractivity contribution is 6.00. The fourth-order valence-electron chi connectivity index (χ4n) is 4.05. The molecule has 0 aliphatic heterocycles. The van der Waals surface area contributed by atoms with Gasteiger partial charge in [0, 0.05) is 12.5 Å². The van der Waals surface area contributed by atoms with Gasteiger partial charge in [-0.25, -0.2) is 19.1 Å². The number of terminal acetylenes is 1. The number of nitrogens with zero attached hydrogens (tertiary/aromatic N) is 3. The Kier molecular flexibility index (Phi) is 17.5. The molecule has 0 aliphatic carbocycles. The second-order valence-corrected chi connectivity index (χ2v) is 9.73. The lowest BCUT2D eigenvalue weighted by Crippen LogP contribution is -2.22. The van der Waals surface area contributed by atoms with E-state index < -0.39 is 17.9 Å². The Morgan fingerprint density at radius 1 is 0.816 bits per heavy atom. The predicted molar refractivity (Wildman–Crippen MR) is 145 cm³/mol. The maximum atomic E-state index is 13.2. The van der Waals surface area contributed by atoms with Crippen LogP contribution in [-0.4, -0.2) is 52.7 Å². The average Bonchev–Trinajstić information content (AvgIpc) is 3.36. The van der Waals surface area contributed by atoms with Gasteiger partial charge in [0.1, 0.15) is 0 Å². The van der Waals surface area contributed by atoms with Crippen LogP contribution in [0, 0.1) is 24.2 Å². The minimum Gasteiger partial charge on any atom is -0.461 e.